The van der Waals surface area contributed by atoms with Crippen molar-refractivity contribution in [1.29, 1.82) is 5.26 Å². The van der Waals surface area contributed by atoms with Crippen molar-refractivity contribution in [1.82, 2.24) is 9.97 Å². The molecule has 0 radical (unpaired) electrons. The van der Waals surface area contributed by atoms with E-state index in [9.17, 15) is 5.26 Å². The van der Waals surface area contributed by atoms with Crippen LogP contribution in [0.1, 0.15) is 30.5 Å². The van der Waals surface area contributed by atoms with Crippen LogP contribution >= 0.6 is 0 Å². The van der Waals surface area contributed by atoms with Gasteiger partial charge in [0.2, 0.25) is 0 Å². The lowest BCUT2D eigenvalue weighted by molar-refractivity contribution is 0.660. The second-order valence-electron chi connectivity index (χ2n) is 12.7. The summed E-state index contributed by atoms with van der Waals surface area (Å²) in [6, 6.07) is 51.3. The molecule has 3 nitrogen and oxygen atoms in total. The fourth-order valence-corrected chi connectivity index (χ4v) is 6.87. The van der Waals surface area contributed by atoms with Crippen LogP contribution in [0.3, 0.4) is 0 Å². The second kappa shape index (κ2) is 11.4. The highest BCUT2D eigenvalue weighted by Gasteiger charge is 2.35. The van der Waals surface area contributed by atoms with Crippen molar-refractivity contribution in [3.8, 4) is 73.1 Å². The van der Waals surface area contributed by atoms with Crippen molar-refractivity contribution in [3.63, 3.8) is 0 Å². The van der Waals surface area contributed by atoms with E-state index < -0.39 is 0 Å². The first-order valence-electron chi connectivity index (χ1n) is 15.9. The Bertz CT molecular complexity index is 2260. The molecule has 47 heavy (non-hydrogen) atoms. The maximum atomic E-state index is 9.59. The van der Waals surface area contributed by atoms with Crippen LogP contribution in [-0.4, -0.2) is 9.97 Å². The number of nitrogens with zero attached hydrogens (tertiary/aromatic N) is 3. The summed E-state index contributed by atoms with van der Waals surface area (Å²) in [5, 5.41) is 9.59. The number of nitriles is 1. The standard InChI is InChI=1S/C44H31N3/c1-44(2)40-21-29(28-45)13-15-38(40)39-16-14-33(25-41(39)44)35-22-34(31-17-19-46-20-18-31)23-37(24-35)43-27-36(30-9-5-3-6-10-30)26-42(47-43)32-11-7-4-8-12-32/h3-27H,1-2H3. The minimum atomic E-state index is -0.227. The third kappa shape index (κ3) is 5.11. The van der Waals surface area contributed by atoms with E-state index in [-0.39, 0.29) is 5.41 Å². The van der Waals surface area contributed by atoms with Crippen molar-refractivity contribution >= 4 is 0 Å². The molecule has 2 heterocycles. The Balaban J connectivity index is 1.32. The van der Waals surface area contributed by atoms with Gasteiger partial charge in [-0.25, -0.2) is 4.98 Å². The monoisotopic (exact) mass is 601 g/mol. The van der Waals surface area contributed by atoms with Gasteiger partial charge >= 0.3 is 0 Å². The van der Waals surface area contributed by atoms with Crippen molar-refractivity contribution in [3.05, 3.63) is 169 Å². The van der Waals surface area contributed by atoms with E-state index in [1.807, 2.05) is 36.7 Å². The van der Waals surface area contributed by atoms with E-state index in [4.69, 9.17) is 4.98 Å². The third-order valence-corrected chi connectivity index (χ3v) is 9.38. The number of hydrogen-bond donors (Lipinski definition) is 0. The van der Waals surface area contributed by atoms with Crippen LogP contribution in [0.25, 0.3) is 67.0 Å². The van der Waals surface area contributed by atoms with Gasteiger partial charge in [-0.1, -0.05) is 92.7 Å². The Morgan fingerprint density at radius 2 is 1.00 bits per heavy atom. The fourth-order valence-electron chi connectivity index (χ4n) is 6.87. The van der Waals surface area contributed by atoms with Gasteiger partial charge in [-0.2, -0.15) is 5.26 Å². The largest absolute Gasteiger partial charge is 0.265 e. The van der Waals surface area contributed by atoms with E-state index in [1.54, 1.807) is 0 Å². The van der Waals surface area contributed by atoms with Crippen LogP contribution in [0.15, 0.2) is 152 Å². The zero-order valence-corrected chi connectivity index (χ0v) is 26.3. The van der Waals surface area contributed by atoms with Gasteiger partial charge < -0.3 is 0 Å². The zero-order valence-electron chi connectivity index (χ0n) is 26.3. The van der Waals surface area contributed by atoms with E-state index in [2.05, 4.69) is 140 Å². The summed E-state index contributed by atoms with van der Waals surface area (Å²) in [6.07, 6.45) is 3.68. The Morgan fingerprint density at radius 3 is 1.68 bits per heavy atom. The molecular formula is C44H31N3. The number of hydrogen-bond acceptors (Lipinski definition) is 3. The highest BCUT2D eigenvalue weighted by molar-refractivity contribution is 5.87. The predicted octanol–water partition coefficient (Wildman–Crippen LogP) is 11.0. The van der Waals surface area contributed by atoms with Crippen LogP contribution in [0.4, 0.5) is 0 Å². The molecule has 1 aliphatic carbocycles. The molecule has 0 fully saturated rings. The second-order valence-corrected chi connectivity index (χ2v) is 12.7. The quantitative estimate of drug-likeness (QED) is 0.197. The lowest BCUT2D eigenvalue weighted by Gasteiger charge is -2.22. The first-order chi connectivity index (χ1) is 23.0. The van der Waals surface area contributed by atoms with Gasteiger partial charge in [0.25, 0.3) is 0 Å². The van der Waals surface area contributed by atoms with Crippen LogP contribution < -0.4 is 0 Å². The summed E-state index contributed by atoms with van der Waals surface area (Å²) in [5.74, 6) is 0. The van der Waals surface area contributed by atoms with Crippen LogP contribution in [0.2, 0.25) is 0 Å². The van der Waals surface area contributed by atoms with Crippen LogP contribution in [0.5, 0.6) is 0 Å². The molecule has 0 N–H and O–H groups in total. The third-order valence-electron chi connectivity index (χ3n) is 9.38. The molecule has 1 aliphatic rings. The van der Waals surface area contributed by atoms with E-state index in [0.717, 1.165) is 55.9 Å². The van der Waals surface area contributed by atoms with E-state index in [1.165, 1.54) is 22.3 Å². The fraction of sp³-hybridized carbons (Fsp3) is 0.0682. The molecular weight excluding hydrogens is 571 g/mol. The Morgan fingerprint density at radius 1 is 0.468 bits per heavy atom. The van der Waals surface area contributed by atoms with Crippen molar-refractivity contribution in [2.75, 3.05) is 0 Å². The maximum Gasteiger partial charge on any atom is 0.0991 e. The molecule has 0 aliphatic heterocycles. The van der Waals surface area contributed by atoms with Gasteiger partial charge in [0, 0.05) is 28.9 Å². The highest BCUT2D eigenvalue weighted by atomic mass is 14.7. The van der Waals surface area contributed by atoms with Crippen molar-refractivity contribution in [2.45, 2.75) is 19.3 Å². The van der Waals surface area contributed by atoms with Crippen LogP contribution in [0, 0.1) is 11.3 Å². The summed E-state index contributed by atoms with van der Waals surface area (Å²) in [5.41, 5.74) is 16.1. The number of rotatable bonds is 5. The summed E-state index contributed by atoms with van der Waals surface area (Å²) < 4.78 is 0. The minimum absolute atomic E-state index is 0.227. The predicted molar refractivity (Wildman–Crippen MR) is 191 cm³/mol. The Hall–Kier alpha value is -6.11. The molecule has 0 bridgehead atoms. The average molecular weight is 602 g/mol. The Labute approximate surface area is 275 Å². The maximum absolute atomic E-state index is 9.59. The molecule has 0 atom stereocenters. The number of benzene rings is 5. The first-order valence-corrected chi connectivity index (χ1v) is 15.9. The molecule has 0 saturated heterocycles. The van der Waals surface area contributed by atoms with Gasteiger partial charge in [0.1, 0.15) is 0 Å². The minimum Gasteiger partial charge on any atom is -0.265 e. The first kappa shape index (κ1) is 28.4. The summed E-state index contributed by atoms with van der Waals surface area (Å²) in [6.45, 7) is 4.51. The molecule has 0 amide bonds. The molecule has 2 aromatic heterocycles. The van der Waals surface area contributed by atoms with Crippen molar-refractivity contribution in [2.24, 2.45) is 0 Å². The van der Waals surface area contributed by atoms with Gasteiger partial charge in [-0.15, -0.1) is 0 Å². The van der Waals surface area contributed by atoms with Gasteiger partial charge in [0.15, 0.2) is 0 Å². The van der Waals surface area contributed by atoms with E-state index in [0.29, 0.717) is 5.56 Å². The molecule has 7 aromatic rings. The van der Waals surface area contributed by atoms with E-state index >= 15 is 0 Å². The van der Waals surface area contributed by atoms with Crippen molar-refractivity contribution < 1.29 is 0 Å². The lowest BCUT2D eigenvalue weighted by atomic mass is 9.81. The summed E-state index contributed by atoms with van der Waals surface area (Å²) in [4.78, 5) is 9.53. The number of aromatic nitrogens is 2. The SMILES string of the molecule is CC1(C)c2cc(C#N)ccc2-c2ccc(-c3cc(-c4ccncc4)cc(-c4cc(-c5ccccc5)cc(-c5ccccc5)n4)c3)cc21. The van der Waals surface area contributed by atoms with Crippen LogP contribution in [-0.2, 0) is 5.41 Å². The summed E-state index contributed by atoms with van der Waals surface area (Å²) >= 11 is 0. The lowest BCUT2D eigenvalue weighted by Crippen LogP contribution is -2.15. The molecule has 3 heteroatoms. The average Bonchev–Trinajstić information content (AvgIpc) is 3.37. The summed E-state index contributed by atoms with van der Waals surface area (Å²) in [7, 11) is 0. The number of fused-ring (bicyclic) bond motifs is 3. The smallest absolute Gasteiger partial charge is 0.0991 e. The Kier molecular flexibility index (Phi) is 6.85. The molecule has 0 saturated carbocycles. The molecule has 222 valence electrons. The van der Waals surface area contributed by atoms with Gasteiger partial charge in [0.05, 0.1) is 23.0 Å². The topological polar surface area (TPSA) is 49.6 Å². The zero-order chi connectivity index (χ0) is 32.0. The molecule has 5 aromatic carbocycles. The number of pyridine rings is 2. The molecule has 8 rings (SSSR count). The van der Waals surface area contributed by atoms with Gasteiger partial charge in [-0.3, -0.25) is 4.98 Å². The van der Waals surface area contributed by atoms with Gasteiger partial charge in [-0.05, 0) is 116 Å². The molecule has 0 spiro atoms. The normalized spacial score (nSPS) is 12.6. The highest BCUT2D eigenvalue weighted by Crippen LogP contribution is 2.50. The molecule has 0 unspecified atom stereocenters.